The third-order valence-corrected chi connectivity index (χ3v) is 4.73. The van der Waals surface area contributed by atoms with Crippen LogP contribution in [0.5, 0.6) is 0 Å². The highest BCUT2D eigenvalue weighted by Crippen LogP contribution is 2.47. The molecule has 0 aromatic heterocycles. The molecule has 0 aliphatic heterocycles. The maximum absolute atomic E-state index is 5.98. The summed E-state index contributed by atoms with van der Waals surface area (Å²) < 4.78 is 0. The lowest BCUT2D eigenvalue weighted by Crippen LogP contribution is -2.45. The number of benzene rings is 1. The molecule has 0 atom stereocenters. The van der Waals surface area contributed by atoms with Gasteiger partial charge in [0.05, 0.1) is 0 Å². The maximum Gasteiger partial charge on any atom is 0.191 e. The van der Waals surface area contributed by atoms with Crippen LogP contribution in [0, 0.1) is 0 Å². The molecule has 0 saturated heterocycles. The molecule has 0 heterocycles. The fourth-order valence-electron chi connectivity index (χ4n) is 2.90. The van der Waals surface area contributed by atoms with Crippen LogP contribution in [0.3, 0.4) is 0 Å². The number of hydrogen-bond acceptors (Lipinski definition) is 1. The number of rotatable bonds is 4. The SMILES string of the molecule is CN=C(NCC1(c2ccc(Cl)cc2)CC1)NC1CC=CC1.I. The summed E-state index contributed by atoms with van der Waals surface area (Å²) >= 11 is 5.98. The van der Waals surface area contributed by atoms with Crippen LogP contribution < -0.4 is 10.6 Å². The first-order valence-corrected chi connectivity index (χ1v) is 7.98. The Bertz CT molecular complexity index is 542. The number of guanidine groups is 1. The van der Waals surface area contributed by atoms with E-state index < -0.39 is 0 Å². The smallest absolute Gasteiger partial charge is 0.191 e. The summed E-state index contributed by atoms with van der Waals surface area (Å²) in [5.74, 6) is 0.906. The van der Waals surface area contributed by atoms with Crippen LogP contribution in [-0.4, -0.2) is 25.6 Å². The van der Waals surface area contributed by atoms with Crippen LogP contribution in [0.4, 0.5) is 0 Å². The lowest BCUT2D eigenvalue weighted by Gasteiger charge is -2.21. The molecule has 2 N–H and O–H groups in total. The van der Waals surface area contributed by atoms with Crippen molar-refractivity contribution >= 4 is 41.5 Å². The summed E-state index contributed by atoms with van der Waals surface area (Å²) in [5.41, 5.74) is 1.63. The average molecular weight is 432 g/mol. The van der Waals surface area contributed by atoms with Gasteiger partial charge in [0.2, 0.25) is 0 Å². The van der Waals surface area contributed by atoms with Gasteiger partial charge in [-0.15, -0.1) is 24.0 Å². The van der Waals surface area contributed by atoms with Gasteiger partial charge in [0.1, 0.15) is 0 Å². The monoisotopic (exact) mass is 431 g/mol. The van der Waals surface area contributed by atoms with Gasteiger partial charge in [0.15, 0.2) is 5.96 Å². The van der Waals surface area contributed by atoms with Crippen molar-refractivity contribution in [3.05, 3.63) is 47.0 Å². The first kappa shape index (κ1) is 17.6. The van der Waals surface area contributed by atoms with Crippen molar-refractivity contribution in [1.82, 2.24) is 10.6 Å². The highest BCUT2D eigenvalue weighted by Gasteiger charge is 2.44. The second-order valence-electron chi connectivity index (χ2n) is 6.00. The van der Waals surface area contributed by atoms with E-state index in [9.17, 15) is 0 Å². The number of nitrogens with one attached hydrogen (secondary N) is 2. The van der Waals surface area contributed by atoms with Gasteiger partial charge < -0.3 is 10.6 Å². The first-order valence-electron chi connectivity index (χ1n) is 7.60. The van der Waals surface area contributed by atoms with E-state index in [1.807, 2.05) is 19.2 Å². The second kappa shape index (κ2) is 7.68. The molecular formula is C17H23ClIN3. The van der Waals surface area contributed by atoms with E-state index >= 15 is 0 Å². The number of nitrogens with zero attached hydrogens (tertiary/aromatic N) is 1. The Morgan fingerprint density at radius 2 is 1.86 bits per heavy atom. The third kappa shape index (κ3) is 4.16. The topological polar surface area (TPSA) is 36.4 Å². The predicted molar refractivity (Wildman–Crippen MR) is 104 cm³/mol. The van der Waals surface area contributed by atoms with Gasteiger partial charge in [-0.2, -0.15) is 0 Å². The molecule has 1 aromatic rings. The Kier molecular flexibility index (Phi) is 6.15. The van der Waals surface area contributed by atoms with Gasteiger partial charge in [-0.3, -0.25) is 4.99 Å². The van der Waals surface area contributed by atoms with Crippen LogP contribution in [0.15, 0.2) is 41.4 Å². The van der Waals surface area contributed by atoms with Crippen molar-refractivity contribution in [2.45, 2.75) is 37.1 Å². The molecule has 1 aromatic carbocycles. The van der Waals surface area contributed by atoms with E-state index in [0.717, 1.165) is 30.4 Å². The van der Waals surface area contributed by atoms with Gasteiger partial charge >= 0.3 is 0 Å². The van der Waals surface area contributed by atoms with E-state index in [2.05, 4.69) is 39.9 Å². The zero-order valence-corrected chi connectivity index (χ0v) is 15.9. The van der Waals surface area contributed by atoms with Crippen molar-refractivity contribution < 1.29 is 0 Å². The fourth-order valence-corrected chi connectivity index (χ4v) is 3.02. The van der Waals surface area contributed by atoms with Crippen molar-refractivity contribution in [1.29, 1.82) is 0 Å². The lowest BCUT2D eigenvalue weighted by atomic mass is 9.96. The minimum absolute atomic E-state index is 0. The largest absolute Gasteiger partial charge is 0.356 e. The molecule has 22 heavy (non-hydrogen) atoms. The van der Waals surface area contributed by atoms with Crippen molar-refractivity contribution in [3.63, 3.8) is 0 Å². The van der Waals surface area contributed by atoms with Crippen LogP contribution >= 0.6 is 35.6 Å². The normalized spacial score (nSPS) is 19.6. The van der Waals surface area contributed by atoms with Gasteiger partial charge in [0, 0.05) is 30.1 Å². The van der Waals surface area contributed by atoms with E-state index in [0.29, 0.717) is 6.04 Å². The predicted octanol–water partition coefficient (Wildman–Crippen LogP) is 3.87. The van der Waals surface area contributed by atoms with Crippen LogP contribution in [0.1, 0.15) is 31.2 Å². The molecule has 2 aliphatic rings. The molecule has 3 rings (SSSR count). The maximum atomic E-state index is 5.98. The summed E-state index contributed by atoms with van der Waals surface area (Å²) in [6.07, 6.45) is 9.07. The lowest BCUT2D eigenvalue weighted by molar-refractivity contribution is 0.605. The fraction of sp³-hybridized carbons (Fsp3) is 0.471. The van der Waals surface area contributed by atoms with E-state index in [-0.39, 0.29) is 29.4 Å². The van der Waals surface area contributed by atoms with E-state index in [1.54, 1.807) is 0 Å². The quantitative estimate of drug-likeness (QED) is 0.329. The van der Waals surface area contributed by atoms with Gasteiger partial charge in [0.25, 0.3) is 0 Å². The number of halogens is 2. The summed E-state index contributed by atoms with van der Waals surface area (Å²) in [4.78, 5) is 4.34. The molecular weight excluding hydrogens is 409 g/mol. The molecule has 0 bridgehead atoms. The molecule has 2 aliphatic carbocycles. The number of aliphatic imine (C=N–C) groups is 1. The first-order chi connectivity index (χ1) is 10.2. The van der Waals surface area contributed by atoms with Crippen molar-refractivity contribution in [3.8, 4) is 0 Å². The number of hydrogen-bond donors (Lipinski definition) is 2. The molecule has 0 amide bonds. The molecule has 0 radical (unpaired) electrons. The Morgan fingerprint density at radius 3 is 2.41 bits per heavy atom. The molecule has 0 unspecified atom stereocenters. The highest BCUT2D eigenvalue weighted by molar-refractivity contribution is 14.0. The van der Waals surface area contributed by atoms with Gasteiger partial charge in [-0.25, -0.2) is 0 Å². The Balaban J connectivity index is 0.00000176. The van der Waals surface area contributed by atoms with Crippen LogP contribution in [-0.2, 0) is 5.41 Å². The molecule has 1 fully saturated rings. The minimum atomic E-state index is 0. The van der Waals surface area contributed by atoms with Crippen molar-refractivity contribution in [2.24, 2.45) is 4.99 Å². The molecule has 0 spiro atoms. The zero-order chi connectivity index (χ0) is 14.7. The zero-order valence-electron chi connectivity index (χ0n) is 12.8. The third-order valence-electron chi connectivity index (χ3n) is 4.48. The highest BCUT2D eigenvalue weighted by atomic mass is 127. The Labute approximate surface area is 154 Å². The van der Waals surface area contributed by atoms with Gasteiger partial charge in [-0.1, -0.05) is 35.9 Å². The van der Waals surface area contributed by atoms with Crippen LogP contribution in [0.2, 0.25) is 5.02 Å². The van der Waals surface area contributed by atoms with Crippen molar-refractivity contribution in [2.75, 3.05) is 13.6 Å². The van der Waals surface area contributed by atoms with E-state index in [1.165, 1.54) is 18.4 Å². The Morgan fingerprint density at radius 1 is 1.23 bits per heavy atom. The summed E-state index contributed by atoms with van der Waals surface area (Å²) in [6.45, 7) is 0.925. The standard InChI is InChI=1S/C17H22ClN3.HI/c1-19-16(21-15-4-2-3-5-15)20-12-17(10-11-17)13-6-8-14(18)9-7-13;/h2-3,6-9,15H,4-5,10-12H2,1H3,(H2,19,20,21);1H. The summed E-state index contributed by atoms with van der Waals surface area (Å²) in [5, 5.41) is 7.77. The molecule has 1 saturated carbocycles. The average Bonchev–Trinajstić information content (AvgIpc) is 3.12. The van der Waals surface area contributed by atoms with Crippen LogP contribution in [0.25, 0.3) is 0 Å². The summed E-state index contributed by atoms with van der Waals surface area (Å²) in [6, 6.07) is 8.74. The van der Waals surface area contributed by atoms with E-state index in [4.69, 9.17) is 11.6 Å². The Hall–Kier alpha value is -0.750. The second-order valence-corrected chi connectivity index (χ2v) is 6.43. The van der Waals surface area contributed by atoms with Gasteiger partial charge in [-0.05, 0) is 43.4 Å². The summed E-state index contributed by atoms with van der Waals surface area (Å²) in [7, 11) is 1.83. The molecule has 3 nitrogen and oxygen atoms in total. The minimum Gasteiger partial charge on any atom is -0.356 e. The molecule has 5 heteroatoms. The molecule has 120 valence electrons.